The van der Waals surface area contributed by atoms with E-state index in [1.807, 2.05) is 13.8 Å². The van der Waals surface area contributed by atoms with Crippen molar-refractivity contribution in [3.8, 4) is 0 Å². The number of hydrogen-bond donors (Lipinski definition) is 3. The molecule has 2 fully saturated rings. The minimum absolute atomic E-state index is 0.0434. The maximum absolute atomic E-state index is 11.5. The summed E-state index contributed by atoms with van der Waals surface area (Å²) in [5.41, 5.74) is 0. The molecule has 0 aliphatic carbocycles. The van der Waals surface area contributed by atoms with Crippen molar-refractivity contribution in [3.05, 3.63) is 0 Å². The van der Waals surface area contributed by atoms with E-state index in [2.05, 4.69) is 16.0 Å². The fourth-order valence-electron chi connectivity index (χ4n) is 1.56. The minimum Gasteiger partial charge on any atom is -0.358 e. The van der Waals surface area contributed by atoms with Crippen LogP contribution in [0.2, 0.25) is 0 Å². The van der Waals surface area contributed by atoms with Gasteiger partial charge in [0.05, 0.1) is 6.10 Å². The highest BCUT2D eigenvalue weighted by Crippen LogP contribution is 2.13. The van der Waals surface area contributed by atoms with E-state index in [1.54, 1.807) is 0 Å². The molecule has 2 aliphatic heterocycles. The molecule has 2 heterocycles. The Kier molecular flexibility index (Phi) is 2.39. The molecule has 2 aliphatic rings. The van der Waals surface area contributed by atoms with E-state index in [1.165, 1.54) is 4.90 Å². The Morgan fingerprint density at radius 3 is 2.73 bits per heavy atom. The van der Waals surface area contributed by atoms with Crippen LogP contribution < -0.4 is 16.0 Å². The summed E-state index contributed by atoms with van der Waals surface area (Å²) in [6, 6.07) is -0.516. The van der Waals surface area contributed by atoms with E-state index >= 15 is 0 Å². The van der Waals surface area contributed by atoms with Gasteiger partial charge in [0, 0.05) is 0 Å². The van der Waals surface area contributed by atoms with Gasteiger partial charge in [-0.1, -0.05) is 0 Å². The highest BCUT2D eigenvalue weighted by Gasteiger charge is 2.45. The summed E-state index contributed by atoms with van der Waals surface area (Å²) >= 11 is 0. The van der Waals surface area contributed by atoms with Crippen LogP contribution in [0.25, 0.3) is 0 Å². The highest BCUT2D eigenvalue weighted by atomic mass is 16.5. The zero-order valence-electron chi connectivity index (χ0n) is 8.61. The number of carbonyl (C=O) groups is 2. The molecule has 0 radical (unpaired) electrons. The molecule has 4 amide bonds. The van der Waals surface area contributed by atoms with Crippen LogP contribution in [0.1, 0.15) is 13.8 Å². The first-order valence-corrected chi connectivity index (χ1v) is 4.83. The second-order valence-corrected chi connectivity index (χ2v) is 3.80. The maximum Gasteiger partial charge on any atom is 0.322 e. The molecule has 7 heteroatoms. The Hall–Kier alpha value is -1.50. The number of fused-ring (bicyclic) bond motifs is 1. The van der Waals surface area contributed by atoms with Gasteiger partial charge in [-0.15, -0.1) is 0 Å². The molecule has 3 N–H and O–H groups in total. The fourth-order valence-corrected chi connectivity index (χ4v) is 1.56. The van der Waals surface area contributed by atoms with E-state index in [4.69, 9.17) is 4.74 Å². The van der Waals surface area contributed by atoms with Crippen LogP contribution in [0.15, 0.2) is 0 Å². The van der Waals surface area contributed by atoms with Crippen molar-refractivity contribution < 1.29 is 14.3 Å². The molecular weight excluding hydrogens is 200 g/mol. The van der Waals surface area contributed by atoms with Crippen LogP contribution in [-0.4, -0.2) is 42.1 Å². The maximum atomic E-state index is 11.5. The predicted octanol–water partition coefficient (Wildman–Crippen LogP) is -0.641. The van der Waals surface area contributed by atoms with Crippen molar-refractivity contribution in [2.45, 2.75) is 32.3 Å². The van der Waals surface area contributed by atoms with E-state index in [9.17, 15) is 9.59 Å². The molecule has 15 heavy (non-hydrogen) atoms. The topological polar surface area (TPSA) is 82.7 Å². The van der Waals surface area contributed by atoms with Crippen molar-refractivity contribution in [2.24, 2.45) is 0 Å². The van der Waals surface area contributed by atoms with Crippen molar-refractivity contribution in [1.29, 1.82) is 0 Å². The number of hydrogen-bond acceptors (Lipinski definition) is 3. The summed E-state index contributed by atoms with van der Waals surface area (Å²) in [4.78, 5) is 23.9. The van der Waals surface area contributed by atoms with Gasteiger partial charge in [0.25, 0.3) is 0 Å². The molecule has 84 valence electrons. The average Bonchev–Trinajstić information content (AvgIpc) is 2.57. The van der Waals surface area contributed by atoms with Gasteiger partial charge in [-0.2, -0.15) is 0 Å². The second-order valence-electron chi connectivity index (χ2n) is 3.80. The summed E-state index contributed by atoms with van der Waals surface area (Å²) in [7, 11) is 0. The third kappa shape index (κ3) is 1.82. The van der Waals surface area contributed by atoms with E-state index in [-0.39, 0.29) is 37.2 Å². The monoisotopic (exact) mass is 214 g/mol. The molecule has 2 atom stereocenters. The average molecular weight is 214 g/mol. The van der Waals surface area contributed by atoms with E-state index < -0.39 is 0 Å². The third-order valence-electron chi connectivity index (χ3n) is 2.30. The molecule has 0 aromatic carbocycles. The van der Waals surface area contributed by atoms with Gasteiger partial charge < -0.3 is 20.7 Å². The molecule has 2 rings (SSSR count). The number of nitrogens with one attached hydrogen (secondary N) is 3. The SMILES string of the molecule is CC(C)OCN1C(=O)NC2NC(=O)NC21. The zero-order chi connectivity index (χ0) is 11.0. The Morgan fingerprint density at radius 1 is 1.33 bits per heavy atom. The molecule has 2 saturated heterocycles. The second kappa shape index (κ2) is 3.58. The van der Waals surface area contributed by atoms with Gasteiger partial charge in [-0.25, -0.2) is 9.59 Å². The van der Waals surface area contributed by atoms with Gasteiger partial charge in [0.1, 0.15) is 19.1 Å². The van der Waals surface area contributed by atoms with E-state index in [0.717, 1.165) is 0 Å². The molecule has 0 spiro atoms. The molecule has 2 unspecified atom stereocenters. The molecule has 0 bridgehead atoms. The van der Waals surface area contributed by atoms with Crippen molar-refractivity contribution in [1.82, 2.24) is 20.9 Å². The lowest BCUT2D eigenvalue weighted by atomic mass is 10.4. The first-order chi connectivity index (χ1) is 7.08. The molecule has 0 aromatic heterocycles. The number of carbonyl (C=O) groups excluding carboxylic acids is 2. The first-order valence-electron chi connectivity index (χ1n) is 4.83. The highest BCUT2D eigenvalue weighted by molar-refractivity contribution is 5.84. The van der Waals surface area contributed by atoms with Crippen LogP contribution in [0.5, 0.6) is 0 Å². The molecular formula is C8H14N4O3. The van der Waals surface area contributed by atoms with Gasteiger partial charge in [-0.3, -0.25) is 4.90 Å². The van der Waals surface area contributed by atoms with Crippen LogP contribution >= 0.6 is 0 Å². The summed E-state index contributed by atoms with van der Waals surface area (Å²) in [5.74, 6) is 0. The Balaban J connectivity index is 1.98. The fraction of sp³-hybridized carbons (Fsp3) is 0.750. The van der Waals surface area contributed by atoms with Crippen molar-refractivity contribution in [3.63, 3.8) is 0 Å². The number of amides is 4. The summed E-state index contributed by atoms with van der Waals surface area (Å²) in [6.45, 7) is 3.94. The van der Waals surface area contributed by atoms with Gasteiger partial charge >= 0.3 is 12.1 Å². The lowest BCUT2D eigenvalue weighted by Gasteiger charge is -2.21. The van der Waals surface area contributed by atoms with Crippen molar-refractivity contribution in [2.75, 3.05) is 6.73 Å². The van der Waals surface area contributed by atoms with Gasteiger partial charge in [-0.05, 0) is 13.8 Å². The predicted molar refractivity (Wildman–Crippen MR) is 50.7 cm³/mol. The summed E-state index contributed by atoms with van der Waals surface area (Å²) < 4.78 is 5.33. The van der Waals surface area contributed by atoms with Crippen LogP contribution in [-0.2, 0) is 4.74 Å². The lowest BCUT2D eigenvalue weighted by molar-refractivity contribution is 0.00209. The smallest absolute Gasteiger partial charge is 0.322 e. The quantitative estimate of drug-likeness (QED) is 0.584. The largest absolute Gasteiger partial charge is 0.358 e. The van der Waals surface area contributed by atoms with E-state index in [0.29, 0.717) is 0 Å². The summed E-state index contributed by atoms with van der Waals surface area (Å²) in [6.07, 6.45) is -0.675. The molecule has 0 aromatic rings. The van der Waals surface area contributed by atoms with Gasteiger partial charge in [0.15, 0.2) is 0 Å². The normalized spacial score (nSPS) is 28.9. The molecule has 7 nitrogen and oxygen atoms in total. The number of nitrogens with zero attached hydrogens (tertiary/aromatic N) is 1. The molecule has 0 saturated carbocycles. The zero-order valence-corrected chi connectivity index (χ0v) is 8.61. The Morgan fingerprint density at radius 2 is 2.07 bits per heavy atom. The van der Waals surface area contributed by atoms with Crippen LogP contribution in [0.3, 0.4) is 0 Å². The summed E-state index contributed by atoms with van der Waals surface area (Å²) in [5, 5.41) is 7.85. The number of urea groups is 2. The Labute approximate surface area is 87.1 Å². The van der Waals surface area contributed by atoms with Gasteiger partial charge in [0.2, 0.25) is 0 Å². The third-order valence-corrected chi connectivity index (χ3v) is 2.30. The van der Waals surface area contributed by atoms with Crippen LogP contribution in [0, 0.1) is 0 Å². The number of rotatable bonds is 3. The Bertz CT molecular complexity index is 294. The lowest BCUT2D eigenvalue weighted by Crippen LogP contribution is -2.44. The minimum atomic E-state index is -0.360. The van der Waals surface area contributed by atoms with Crippen LogP contribution in [0.4, 0.5) is 9.59 Å². The first kappa shape index (κ1) is 10.0. The number of ether oxygens (including phenoxy) is 1. The standard InChI is InChI=1S/C8H14N4O3/c1-4(2)15-3-12-6-5(10-8(12)14)9-7(13)11-6/h4-6H,3H2,1-2H3,(H,10,14)(H2,9,11,13). The van der Waals surface area contributed by atoms with Crippen molar-refractivity contribution >= 4 is 12.1 Å².